The van der Waals surface area contributed by atoms with Gasteiger partial charge < -0.3 is 14.3 Å². The number of carboxylic acid groups (broad SMARTS) is 1. The summed E-state index contributed by atoms with van der Waals surface area (Å²) < 4.78 is 12.2. The van der Waals surface area contributed by atoms with Crippen molar-refractivity contribution >= 4 is 16.9 Å². The monoisotopic (exact) mass is 524 g/mol. The highest BCUT2D eigenvalue weighted by Crippen LogP contribution is 2.36. The molecule has 5 aromatic carbocycles. The smallest absolute Gasteiger partial charge is 0.345 e. The first-order valence-electron chi connectivity index (χ1n) is 13.3. The molecule has 196 valence electrons. The number of hydrogen-bond acceptors (Lipinski definition) is 3. The van der Waals surface area contributed by atoms with Gasteiger partial charge in [0, 0.05) is 29.4 Å². The van der Waals surface area contributed by atoms with E-state index in [2.05, 4.69) is 54.6 Å². The zero-order valence-electron chi connectivity index (χ0n) is 21.9. The van der Waals surface area contributed by atoms with Crippen LogP contribution in [-0.4, -0.2) is 17.2 Å². The average Bonchev–Trinajstić information content (AvgIpc) is 3.36. The van der Waals surface area contributed by atoms with E-state index in [1.807, 2.05) is 78.9 Å². The Morgan fingerprint density at radius 2 is 1.20 bits per heavy atom. The third kappa shape index (κ3) is 5.52. The minimum absolute atomic E-state index is 0.299. The third-order valence-electron chi connectivity index (χ3n) is 7.07. The molecule has 0 saturated heterocycles. The molecule has 0 fully saturated rings. The zero-order chi connectivity index (χ0) is 27.3. The molecule has 0 radical (unpaired) electrons. The zero-order valence-corrected chi connectivity index (χ0v) is 21.9. The van der Waals surface area contributed by atoms with Gasteiger partial charge in [-0.2, -0.15) is 0 Å². The van der Waals surface area contributed by atoms with Gasteiger partial charge in [0.15, 0.2) is 6.10 Å². The highest BCUT2D eigenvalue weighted by atomic mass is 16.5. The van der Waals surface area contributed by atoms with Gasteiger partial charge in [0.1, 0.15) is 17.1 Å². The number of para-hydroxylation sites is 1. The molecule has 0 unspecified atom stereocenters. The van der Waals surface area contributed by atoms with Crippen molar-refractivity contribution < 1.29 is 19.1 Å². The van der Waals surface area contributed by atoms with Crippen molar-refractivity contribution in [3.05, 3.63) is 150 Å². The fraction of sp³-hybridized carbons (Fsp3) is 0.0833. The van der Waals surface area contributed by atoms with Crippen molar-refractivity contribution in [3.63, 3.8) is 0 Å². The van der Waals surface area contributed by atoms with Gasteiger partial charge in [0.2, 0.25) is 0 Å². The summed E-state index contributed by atoms with van der Waals surface area (Å²) in [6.07, 6.45) is 0.132. The Labute approximate surface area is 233 Å². The van der Waals surface area contributed by atoms with Crippen LogP contribution in [0.4, 0.5) is 0 Å². The number of aliphatic carboxylic acids is 1. The molecule has 0 aliphatic heterocycles. The van der Waals surface area contributed by atoms with Crippen molar-refractivity contribution in [2.45, 2.75) is 18.9 Å². The normalized spacial score (nSPS) is 11.8. The highest BCUT2D eigenvalue weighted by molar-refractivity contribution is 5.88. The van der Waals surface area contributed by atoms with E-state index in [0.29, 0.717) is 12.2 Å². The molecule has 1 N–H and O–H groups in total. The standard InChI is InChI=1S/C36H28O4/c37-36(38)34(24-26-11-5-2-6-12-26)39-30-21-19-28(20-22-30)27-15-17-29(18-16-27)35-32(23-25-9-3-1-4-10-25)31-13-7-8-14-33(31)40-35/h1-22,34H,23-24H2,(H,37,38)/t34-/m1/s1. The molecule has 0 aliphatic rings. The van der Waals surface area contributed by atoms with Crippen molar-refractivity contribution in [2.24, 2.45) is 0 Å². The Morgan fingerprint density at radius 1 is 0.650 bits per heavy atom. The lowest BCUT2D eigenvalue weighted by atomic mass is 9.97. The van der Waals surface area contributed by atoms with Crippen LogP contribution >= 0.6 is 0 Å². The van der Waals surface area contributed by atoms with Crippen LogP contribution in [0.1, 0.15) is 16.7 Å². The summed E-state index contributed by atoms with van der Waals surface area (Å²) >= 11 is 0. The number of carboxylic acids is 1. The Hall–Kier alpha value is -5.09. The molecule has 6 rings (SSSR count). The Bertz CT molecular complexity index is 1720. The predicted octanol–water partition coefficient (Wildman–Crippen LogP) is 8.43. The van der Waals surface area contributed by atoms with E-state index in [-0.39, 0.29) is 0 Å². The second-order valence-corrected chi connectivity index (χ2v) is 9.80. The minimum Gasteiger partial charge on any atom is -0.478 e. The van der Waals surface area contributed by atoms with E-state index in [4.69, 9.17) is 9.15 Å². The van der Waals surface area contributed by atoms with Crippen LogP contribution in [0.15, 0.2) is 138 Å². The van der Waals surface area contributed by atoms with Crippen LogP contribution in [0.2, 0.25) is 0 Å². The van der Waals surface area contributed by atoms with Crippen LogP contribution < -0.4 is 4.74 Å². The summed E-state index contributed by atoms with van der Waals surface area (Å²) in [5.74, 6) is 0.427. The quantitative estimate of drug-likeness (QED) is 0.206. The van der Waals surface area contributed by atoms with Crippen molar-refractivity contribution in [1.29, 1.82) is 0 Å². The number of furan rings is 1. The van der Waals surface area contributed by atoms with Crippen LogP contribution in [0, 0.1) is 0 Å². The van der Waals surface area contributed by atoms with Crippen molar-refractivity contribution in [3.8, 4) is 28.2 Å². The van der Waals surface area contributed by atoms with E-state index in [1.165, 1.54) is 11.1 Å². The van der Waals surface area contributed by atoms with E-state index >= 15 is 0 Å². The second kappa shape index (κ2) is 11.3. The molecule has 1 atom stereocenters. The lowest BCUT2D eigenvalue weighted by Crippen LogP contribution is -2.29. The molecule has 0 aliphatic carbocycles. The Balaban J connectivity index is 1.22. The fourth-order valence-electron chi connectivity index (χ4n) is 5.02. The first-order valence-corrected chi connectivity index (χ1v) is 13.3. The summed E-state index contributed by atoms with van der Waals surface area (Å²) in [6, 6.07) is 44.0. The van der Waals surface area contributed by atoms with Gasteiger partial charge in [0.25, 0.3) is 0 Å². The van der Waals surface area contributed by atoms with E-state index in [1.54, 1.807) is 0 Å². The van der Waals surface area contributed by atoms with E-state index in [0.717, 1.165) is 45.4 Å². The molecule has 0 saturated carbocycles. The number of benzene rings is 5. The highest BCUT2D eigenvalue weighted by Gasteiger charge is 2.20. The Morgan fingerprint density at radius 3 is 1.85 bits per heavy atom. The maximum absolute atomic E-state index is 11.8. The first kappa shape index (κ1) is 25.2. The number of rotatable bonds is 9. The molecular weight excluding hydrogens is 496 g/mol. The van der Waals surface area contributed by atoms with Crippen LogP contribution in [0.5, 0.6) is 5.75 Å². The van der Waals surface area contributed by atoms with Crippen LogP contribution in [0.3, 0.4) is 0 Å². The fourth-order valence-corrected chi connectivity index (χ4v) is 5.02. The largest absolute Gasteiger partial charge is 0.478 e. The number of fused-ring (bicyclic) bond motifs is 1. The molecule has 0 spiro atoms. The molecule has 4 heteroatoms. The maximum atomic E-state index is 11.8. The molecule has 1 heterocycles. The molecule has 1 aromatic heterocycles. The van der Waals surface area contributed by atoms with Gasteiger partial charge >= 0.3 is 5.97 Å². The summed E-state index contributed by atoms with van der Waals surface area (Å²) in [5.41, 5.74) is 7.31. The van der Waals surface area contributed by atoms with Gasteiger partial charge in [-0.1, -0.05) is 115 Å². The number of ether oxygens (including phenoxy) is 1. The predicted molar refractivity (Wildman–Crippen MR) is 159 cm³/mol. The second-order valence-electron chi connectivity index (χ2n) is 9.80. The van der Waals surface area contributed by atoms with Gasteiger partial charge in [-0.3, -0.25) is 0 Å². The van der Waals surface area contributed by atoms with Gasteiger partial charge in [-0.25, -0.2) is 4.79 Å². The van der Waals surface area contributed by atoms with Crippen LogP contribution in [0.25, 0.3) is 33.4 Å². The maximum Gasteiger partial charge on any atom is 0.345 e. The number of carbonyl (C=O) groups is 1. The van der Waals surface area contributed by atoms with Crippen molar-refractivity contribution in [2.75, 3.05) is 0 Å². The molecule has 40 heavy (non-hydrogen) atoms. The summed E-state index contributed by atoms with van der Waals surface area (Å²) in [5, 5.41) is 10.8. The number of hydrogen-bond donors (Lipinski definition) is 1. The minimum atomic E-state index is -0.985. The lowest BCUT2D eigenvalue weighted by Gasteiger charge is -2.15. The van der Waals surface area contributed by atoms with Crippen LogP contribution in [-0.2, 0) is 17.6 Å². The first-order chi connectivity index (χ1) is 19.6. The summed E-state index contributed by atoms with van der Waals surface area (Å²) in [7, 11) is 0. The molecule has 0 amide bonds. The lowest BCUT2D eigenvalue weighted by molar-refractivity contribution is -0.145. The van der Waals surface area contributed by atoms with Gasteiger partial charge in [0.05, 0.1) is 0 Å². The average molecular weight is 525 g/mol. The summed E-state index contributed by atoms with van der Waals surface area (Å²) in [6.45, 7) is 0. The molecular formula is C36H28O4. The van der Waals surface area contributed by atoms with E-state index < -0.39 is 12.1 Å². The third-order valence-corrected chi connectivity index (χ3v) is 7.07. The van der Waals surface area contributed by atoms with Crippen molar-refractivity contribution in [1.82, 2.24) is 0 Å². The molecule has 6 aromatic rings. The topological polar surface area (TPSA) is 59.7 Å². The Kier molecular flexibility index (Phi) is 7.14. The van der Waals surface area contributed by atoms with Gasteiger partial charge in [-0.15, -0.1) is 0 Å². The molecule has 0 bridgehead atoms. The SMILES string of the molecule is O=C(O)[C@@H](Cc1ccccc1)Oc1ccc(-c2ccc(-c3oc4ccccc4c3Cc3ccccc3)cc2)cc1. The summed E-state index contributed by atoms with van der Waals surface area (Å²) in [4.78, 5) is 11.8. The van der Waals surface area contributed by atoms with E-state index in [9.17, 15) is 9.90 Å². The van der Waals surface area contributed by atoms with Gasteiger partial charge in [-0.05, 0) is 40.5 Å². The molecule has 4 nitrogen and oxygen atoms in total.